The van der Waals surface area contributed by atoms with Crippen LogP contribution in [0.2, 0.25) is 0 Å². The topological polar surface area (TPSA) is 44.1 Å². The molecule has 94 valence electrons. The lowest BCUT2D eigenvalue weighted by molar-refractivity contribution is 0.0669. The van der Waals surface area contributed by atoms with Gasteiger partial charge >= 0.3 is 0 Å². The van der Waals surface area contributed by atoms with Crippen LogP contribution in [0.1, 0.15) is 29.6 Å². The Morgan fingerprint density at radius 1 is 1.50 bits per heavy atom. The first-order valence-electron chi connectivity index (χ1n) is 5.79. The molecule has 0 spiro atoms. The van der Waals surface area contributed by atoms with E-state index in [1.165, 1.54) is 0 Å². The van der Waals surface area contributed by atoms with Gasteiger partial charge in [0, 0.05) is 14.6 Å². The molecule has 5 heteroatoms. The van der Waals surface area contributed by atoms with Gasteiger partial charge in [0.15, 0.2) is 0 Å². The maximum atomic E-state index is 12.5. The monoisotopic (exact) mass is 418 g/mol. The van der Waals surface area contributed by atoms with Crippen molar-refractivity contribution in [2.24, 2.45) is 0 Å². The summed E-state index contributed by atoms with van der Waals surface area (Å²) in [5.74, 6) is -0.0494. The standard InChI is InChI=1S/C13H12BrIN2O/c14-12-5-4-9(15)7-11(12)13(18)17-6-2-1-3-10(17)8-16/h4-5,7,10H,1-3,6H2. The van der Waals surface area contributed by atoms with Crippen molar-refractivity contribution in [2.75, 3.05) is 6.54 Å². The summed E-state index contributed by atoms with van der Waals surface area (Å²) in [4.78, 5) is 14.2. The first-order valence-corrected chi connectivity index (χ1v) is 7.66. The largest absolute Gasteiger partial charge is 0.323 e. The number of carbonyl (C=O) groups is 1. The van der Waals surface area contributed by atoms with E-state index in [4.69, 9.17) is 5.26 Å². The van der Waals surface area contributed by atoms with E-state index in [0.29, 0.717) is 12.1 Å². The zero-order chi connectivity index (χ0) is 13.1. The van der Waals surface area contributed by atoms with Crippen LogP contribution < -0.4 is 0 Å². The van der Waals surface area contributed by atoms with Gasteiger partial charge in [0.2, 0.25) is 0 Å². The Morgan fingerprint density at radius 3 is 3.00 bits per heavy atom. The van der Waals surface area contributed by atoms with Crippen LogP contribution in [0.3, 0.4) is 0 Å². The highest BCUT2D eigenvalue weighted by Crippen LogP contribution is 2.24. The molecule has 2 rings (SSSR count). The van der Waals surface area contributed by atoms with Gasteiger partial charge in [-0.3, -0.25) is 4.79 Å². The van der Waals surface area contributed by atoms with Crippen LogP contribution in [-0.4, -0.2) is 23.4 Å². The Hall–Kier alpha value is -0.610. The zero-order valence-electron chi connectivity index (χ0n) is 9.70. The lowest BCUT2D eigenvalue weighted by atomic mass is 10.0. The van der Waals surface area contributed by atoms with Crippen molar-refractivity contribution in [3.63, 3.8) is 0 Å². The Morgan fingerprint density at radius 2 is 2.28 bits per heavy atom. The highest BCUT2D eigenvalue weighted by Gasteiger charge is 2.28. The lowest BCUT2D eigenvalue weighted by Gasteiger charge is -2.31. The molecule has 0 bridgehead atoms. The van der Waals surface area contributed by atoms with Crippen molar-refractivity contribution in [3.8, 4) is 6.07 Å². The second-order valence-corrected chi connectivity index (χ2v) is 6.36. The third-order valence-electron chi connectivity index (χ3n) is 3.07. The minimum atomic E-state index is -0.281. The van der Waals surface area contributed by atoms with Crippen molar-refractivity contribution >= 4 is 44.4 Å². The predicted molar refractivity (Wildman–Crippen MR) is 81.1 cm³/mol. The summed E-state index contributed by atoms with van der Waals surface area (Å²) >= 11 is 5.59. The van der Waals surface area contributed by atoms with E-state index in [2.05, 4.69) is 44.6 Å². The van der Waals surface area contributed by atoms with Crippen LogP contribution in [0, 0.1) is 14.9 Å². The van der Waals surface area contributed by atoms with Crippen LogP contribution in [0.15, 0.2) is 22.7 Å². The van der Waals surface area contributed by atoms with Crippen LogP contribution in [-0.2, 0) is 0 Å². The second kappa shape index (κ2) is 6.02. The lowest BCUT2D eigenvalue weighted by Crippen LogP contribution is -2.43. The molecule has 0 radical (unpaired) electrons. The summed E-state index contributed by atoms with van der Waals surface area (Å²) < 4.78 is 1.81. The average molecular weight is 419 g/mol. The highest BCUT2D eigenvalue weighted by atomic mass is 127. The highest BCUT2D eigenvalue weighted by molar-refractivity contribution is 14.1. The fraction of sp³-hybridized carbons (Fsp3) is 0.385. The molecule has 1 saturated heterocycles. The van der Waals surface area contributed by atoms with Crippen molar-refractivity contribution in [1.82, 2.24) is 4.90 Å². The quantitative estimate of drug-likeness (QED) is 0.654. The van der Waals surface area contributed by atoms with Gasteiger partial charge < -0.3 is 4.90 Å². The van der Waals surface area contributed by atoms with Crippen molar-refractivity contribution < 1.29 is 4.79 Å². The Bertz CT molecular complexity index is 512. The maximum absolute atomic E-state index is 12.5. The third kappa shape index (κ3) is 2.86. The summed E-state index contributed by atoms with van der Waals surface area (Å²) in [6, 6.07) is 7.62. The molecule has 1 amide bonds. The molecule has 1 atom stereocenters. The first-order chi connectivity index (χ1) is 8.63. The van der Waals surface area contributed by atoms with Gasteiger partial charge in [-0.2, -0.15) is 5.26 Å². The van der Waals surface area contributed by atoms with Crippen LogP contribution in [0.5, 0.6) is 0 Å². The smallest absolute Gasteiger partial charge is 0.256 e. The number of rotatable bonds is 1. The van der Waals surface area contributed by atoms with Crippen LogP contribution in [0.4, 0.5) is 0 Å². The molecule has 0 aliphatic carbocycles. The fourth-order valence-electron chi connectivity index (χ4n) is 2.12. The molecule has 0 saturated carbocycles. The normalized spacial score (nSPS) is 19.4. The van der Waals surface area contributed by atoms with Gasteiger partial charge in [-0.05, 0) is 76.0 Å². The Labute approximate surface area is 128 Å². The van der Waals surface area contributed by atoms with E-state index in [1.807, 2.05) is 18.2 Å². The summed E-state index contributed by atoms with van der Waals surface area (Å²) in [5.41, 5.74) is 0.643. The number of carbonyl (C=O) groups excluding carboxylic acids is 1. The molecule has 1 aromatic carbocycles. The number of nitrogens with zero attached hydrogens (tertiary/aromatic N) is 2. The fourth-order valence-corrected chi connectivity index (χ4v) is 3.03. The van der Waals surface area contributed by atoms with E-state index in [1.54, 1.807) is 4.90 Å². The summed E-state index contributed by atoms with van der Waals surface area (Å²) in [7, 11) is 0. The van der Waals surface area contributed by atoms with E-state index < -0.39 is 0 Å². The number of halogens is 2. The molecule has 1 heterocycles. The minimum absolute atomic E-state index is 0.0494. The number of nitriles is 1. The molecule has 18 heavy (non-hydrogen) atoms. The number of hydrogen-bond donors (Lipinski definition) is 0. The first kappa shape index (κ1) is 13.8. The van der Waals surface area contributed by atoms with Gasteiger partial charge in [-0.1, -0.05) is 0 Å². The number of amides is 1. The second-order valence-electron chi connectivity index (χ2n) is 4.26. The molecule has 1 aliphatic heterocycles. The van der Waals surface area contributed by atoms with E-state index in [9.17, 15) is 4.79 Å². The molecule has 1 aromatic rings. The molecular weight excluding hydrogens is 407 g/mol. The molecule has 1 unspecified atom stereocenters. The number of piperidine rings is 1. The van der Waals surface area contributed by atoms with E-state index in [-0.39, 0.29) is 11.9 Å². The van der Waals surface area contributed by atoms with Gasteiger partial charge in [-0.15, -0.1) is 0 Å². The average Bonchev–Trinajstić information content (AvgIpc) is 2.40. The summed E-state index contributed by atoms with van der Waals surface area (Å²) in [6.07, 6.45) is 2.78. The van der Waals surface area contributed by atoms with Gasteiger partial charge in [0.1, 0.15) is 6.04 Å². The van der Waals surface area contributed by atoms with Gasteiger partial charge in [0.05, 0.1) is 11.6 Å². The van der Waals surface area contributed by atoms with Crippen molar-refractivity contribution in [3.05, 3.63) is 31.8 Å². The van der Waals surface area contributed by atoms with E-state index in [0.717, 1.165) is 27.3 Å². The van der Waals surface area contributed by atoms with Gasteiger partial charge in [-0.25, -0.2) is 0 Å². The predicted octanol–water partition coefficient (Wildman–Crippen LogP) is 3.57. The van der Waals surface area contributed by atoms with E-state index >= 15 is 0 Å². The molecule has 0 N–H and O–H groups in total. The Kier molecular flexibility index (Phi) is 4.62. The molecular formula is C13H12BrIN2O. The molecule has 0 aromatic heterocycles. The maximum Gasteiger partial charge on any atom is 0.256 e. The minimum Gasteiger partial charge on any atom is -0.323 e. The Balaban J connectivity index is 2.30. The molecule has 1 aliphatic rings. The summed E-state index contributed by atoms with van der Waals surface area (Å²) in [5, 5.41) is 9.12. The van der Waals surface area contributed by atoms with Gasteiger partial charge in [0.25, 0.3) is 5.91 Å². The third-order valence-corrected chi connectivity index (χ3v) is 4.43. The van der Waals surface area contributed by atoms with Crippen LogP contribution >= 0.6 is 38.5 Å². The number of hydrogen-bond acceptors (Lipinski definition) is 2. The van der Waals surface area contributed by atoms with Crippen molar-refractivity contribution in [2.45, 2.75) is 25.3 Å². The number of benzene rings is 1. The summed E-state index contributed by atoms with van der Waals surface area (Å²) in [6.45, 7) is 0.676. The SMILES string of the molecule is N#CC1CCCCN1C(=O)c1cc(I)ccc1Br. The molecule has 3 nitrogen and oxygen atoms in total. The zero-order valence-corrected chi connectivity index (χ0v) is 13.4. The van der Waals surface area contributed by atoms with Crippen LogP contribution in [0.25, 0.3) is 0 Å². The van der Waals surface area contributed by atoms with Crippen molar-refractivity contribution in [1.29, 1.82) is 5.26 Å². The molecule has 1 fully saturated rings. The number of likely N-dealkylation sites (tertiary alicyclic amines) is 1.